The maximum absolute atomic E-state index is 2.55. The Morgan fingerprint density at radius 3 is 1.20 bits per heavy atom. The lowest BCUT2D eigenvalue weighted by Crippen LogP contribution is -2.24. The Morgan fingerprint density at radius 2 is 0.711 bits per heavy atom. The van der Waals surface area contributed by atoms with E-state index >= 15 is 0 Å². The summed E-state index contributed by atoms with van der Waals surface area (Å²) >= 11 is 0. The van der Waals surface area contributed by atoms with Crippen molar-refractivity contribution in [1.29, 1.82) is 0 Å². The molecule has 0 spiro atoms. The number of hydrogen-bond donors (Lipinski definition) is 0. The molecule has 1 atom stereocenters. The van der Waals surface area contributed by atoms with Crippen molar-refractivity contribution in [3.8, 4) is 44.5 Å². The van der Waals surface area contributed by atoms with Crippen LogP contribution >= 0.6 is 0 Å². The molecule has 0 N–H and O–H groups in total. The average Bonchev–Trinajstić information content (AvgIpc) is 4.13. The summed E-state index contributed by atoms with van der Waals surface area (Å²) < 4.78 is 0. The highest BCUT2D eigenvalue weighted by Crippen LogP contribution is 2.58. The first kappa shape index (κ1) is 47.5. The van der Waals surface area contributed by atoms with Crippen LogP contribution < -0.4 is 9.80 Å². The number of hydrogen-bond acceptors (Lipinski definition) is 2. The minimum absolute atomic E-state index is 0.116. The summed E-state index contributed by atoms with van der Waals surface area (Å²) in [6.45, 7) is 21.6. The van der Waals surface area contributed by atoms with E-state index in [-0.39, 0.29) is 21.7 Å². The molecular weight excluding hydrogens is 917 g/mol. The van der Waals surface area contributed by atoms with Crippen LogP contribution in [0.1, 0.15) is 105 Å². The Bertz CT molecular complexity index is 3900. The van der Waals surface area contributed by atoms with Gasteiger partial charge in [-0.2, -0.15) is 0 Å². The van der Waals surface area contributed by atoms with E-state index in [4.69, 9.17) is 0 Å². The number of fused-ring (bicyclic) bond motifs is 7. The summed E-state index contributed by atoms with van der Waals surface area (Å²) in [5.74, 6) is 0. The summed E-state index contributed by atoms with van der Waals surface area (Å²) in [6, 6.07) is 84.5. The van der Waals surface area contributed by atoms with Crippen molar-refractivity contribution >= 4 is 34.1 Å². The molecular formula is C74H66N2. The SMILES string of the molecule is Cc1ccc(C2(C)CC(C)(C)c3cc(N(c4ccc(-c5ccccc5)cc4)c4ccc5c(c4)C(C)(C)c4ccccc4-5)c(C)cc32)cc1N(c1ccc(-c2ccccc2)cc1)c1ccc2c(c1)C(C)(C)c1ccccc1-2. The standard InChI is InChI=1S/C74H66N2/c1-48-28-33-54(43-69(48)75(55-34-29-52(30-35-55)50-20-12-10-13-21-50)57-38-40-61-59-24-16-18-26-63(59)72(5,6)65(61)44-57)74(9)47-71(3,4)67-46-70(49(2)42-68(67)74)76(56-36-31-53(32-37-56)51-22-14-11-15-23-51)58-39-41-62-60-25-17-19-27-64(60)73(7,8)66(62)45-58/h10-46H,47H2,1-9H3. The summed E-state index contributed by atoms with van der Waals surface area (Å²) in [4.78, 5) is 5.04. The van der Waals surface area contributed by atoms with E-state index in [9.17, 15) is 0 Å². The van der Waals surface area contributed by atoms with Gasteiger partial charge in [0, 0.05) is 50.4 Å². The van der Waals surface area contributed by atoms with Crippen LogP contribution in [0.15, 0.2) is 224 Å². The van der Waals surface area contributed by atoms with Gasteiger partial charge in [0.25, 0.3) is 0 Å². The molecule has 13 rings (SSSR count). The molecule has 0 saturated carbocycles. The molecule has 0 bridgehead atoms. The van der Waals surface area contributed by atoms with Crippen molar-refractivity contribution in [3.63, 3.8) is 0 Å². The zero-order valence-corrected chi connectivity index (χ0v) is 45.5. The number of aryl methyl sites for hydroxylation is 2. The van der Waals surface area contributed by atoms with Crippen LogP contribution in [0, 0.1) is 13.8 Å². The zero-order chi connectivity index (χ0) is 52.3. The quantitative estimate of drug-likeness (QED) is 0.142. The number of nitrogens with zero attached hydrogens (tertiary/aromatic N) is 2. The average molecular weight is 983 g/mol. The number of benzene rings is 10. The first-order valence-electron chi connectivity index (χ1n) is 27.3. The van der Waals surface area contributed by atoms with Crippen molar-refractivity contribution in [3.05, 3.63) is 275 Å². The van der Waals surface area contributed by atoms with Crippen molar-refractivity contribution in [2.75, 3.05) is 9.80 Å². The van der Waals surface area contributed by atoms with Gasteiger partial charge >= 0.3 is 0 Å². The van der Waals surface area contributed by atoms with Crippen LogP contribution in [-0.2, 0) is 21.7 Å². The van der Waals surface area contributed by atoms with Gasteiger partial charge in [-0.15, -0.1) is 0 Å². The first-order valence-corrected chi connectivity index (χ1v) is 27.3. The fourth-order valence-electron chi connectivity index (χ4n) is 13.9. The van der Waals surface area contributed by atoms with Gasteiger partial charge in [-0.25, -0.2) is 0 Å². The van der Waals surface area contributed by atoms with Crippen LogP contribution in [0.3, 0.4) is 0 Å². The molecule has 0 radical (unpaired) electrons. The van der Waals surface area contributed by atoms with Gasteiger partial charge in [0.05, 0.1) is 0 Å². The molecule has 3 aliphatic rings. The first-order chi connectivity index (χ1) is 36.6. The highest BCUT2D eigenvalue weighted by Gasteiger charge is 2.47. The minimum atomic E-state index is -0.263. The van der Waals surface area contributed by atoms with Crippen molar-refractivity contribution in [1.82, 2.24) is 0 Å². The van der Waals surface area contributed by atoms with E-state index in [1.54, 1.807) is 0 Å². The van der Waals surface area contributed by atoms with E-state index in [2.05, 4.69) is 297 Å². The zero-order valence-electron chi connectivity index (χ0n) is 45.5. The molecule has 1 unspecified atom stereocenters. The Balaban J connectivity index is 0.940. The molecule has 0 amide bonds. The van der Waals surface area contributed by atoms with Gasteiger partial charge < -0.3 is 9.80 Å². The fraction of sp³-hybridized carbons (Fsp3) is 0.189. The van der Waals surface area contributed by atoms with E-state index in [1.807, 2.05) is 0 Å². The van der Waals surface area contributed by atoms with Gasteiger partial charge in [-0.3, -0.25) is 0 Å². The number of rotatable bonds is 9. The lowest BCUT2D eigenvalue weighted by Gasteiger charge is -2.33. The highest BCUT2D eigenvalue weighted by molar-refractivity contribution is 5.89. The predicted molar refractivity (Wildman–Crippen MR) is 322 cm³/mol. The second-order valence-corrected chi connectivity index (χ2v) is 23.9. The maximum Gasteiger partial charge on any atom is 0.0493 e. The Hall–Kier alpha value is -8.20. The number of anilines is 6. The minimum Gasteiger partial charge on any atom is -0.310 e. The molecule has 372 valence electrons. The topological polar surface area (TPSA) is 6.48 Å². The molecule has 0 heterocycles. The molecule has 2 heteroatoms. The molecule has 3 aliphatic carbocycles. The predicted octanol–water partition coefficient (Wildman–Crippen LogP) is 20.2. The monoisotopic (exact) mass is 983 g/mol. The summed E-state index contributed by atoms with van der Waals surface area (Å²) in [6.07, 6.45) is 0.981. The van der Waals surface area contributed by atoms with Crippen LogP contribution in [0.5, 0.6) is 0 Å². The van der Waals surface area contributed by atoms with Gasteiger partial charge in [0.15, 0.2) is 0 Å². The van der Waals surface area contributed by atoms with Gasteiger partial charge in [-0.1, -0.05) is 212 Å². The third kappa shape index (κ3) is 7.43. The molecule has 10 aromatic carbocycles. The molecule has 0 aromatic heterocycles. The second kappa shape index (κ2) is 17.4. The third-order valence-electron chi connectivity index (χ3n) is 17.9. The largest absolute Gasteiger partial charge is 0.310 e. The molecule has 10 aromatic rings. The lowest BCUT2D eigenvalue weighted by molar-refractivity contribution is 0.425. The lowest BCUT2D eigenvalue weighted by atomic mass is 9.74. The maximum atomic E-state index is 2.55. The Labute approximate surface area is 451 Å². The van der Waals surface area contributed by atoms with Crippen LogP contribution in [0.2, 0.25) is 0 Å². The van der Waals surface area contributed by atoms with E-state index in [1.165, 1.54) is 117 Å². The van der Waals surface area contributed by atoms with Crippen molar-refractivity contribution < 1.29 is 0 Å². The van der Waals surface area contributed by atoms with Crippen molar-refractivity contribution in [2.45, 2.75) is 90.4 Å². The molecule has 76 heavy (non-hydrogen) atoms. The smallest absolute Gasteiger partial charge is 0.0493 e. The van der Waals surface area contributed by atoms with Gasteiger partial charge in [-0.05, 0) is 181 Å². The second-order valence-electron chi connectivity index (χ2n) is 23.9. The Morgan fingerprint density at radius 1 is 0.303 bits per heavy atom. The normalized spacial score (nSPS) is 16.8. The molecule has 0 aliphatic heterocycles. The Kier molecular flexibility index (Phi) is 10.9. The summed E-state index contributed by atoms with van der Waals surface area (Å²) in [5, 5.41) is 0. The van der Waals surface area contributed by atoms with Crippen LogP contribution in [-0.4, -0.2) is 0 Å². The third-order valence-corrected chi connectivity index (χ3v) is 17.9. The van der Waals surface area contributed by atoms with Crippen LogP contribution in [0.4, 0.5) is 34.1 Å². The van der Waals surface area contributed by atoms with Gasteiger partial charge in [0.1, 0.15) is 0 Å². The van der Waals surface area contributed by atoms with E-state index in [0.717, 1.165) is 17.8 Å². The molecule has 0 saturated heterocycles. The van der Waals surface area contributed by atoms with Gasteiger partial charge in [0.2, 0.25) is 0 Å². The van der Waals surface area contributed by atoms with E-state index in [0.29, 0.717) is 0 Å². The fourth-order valence-corrected chi connectivity index (χ4v) is 13.9. The summed E-state index contributed by atoms with van der Waals surface area (Å²) in [5.41, 5.74) is 28.8. The van der Waals surface area contributed by atoms with Crippen molar-refractivity contribution in [2.24, 2.45) is 0 Å². The molecule has 2 nitrogen and oxygen atoms in total. The molecule has 0 fully saturated rings. The van der Waals surface area contributed by atoms with E-state index < -0.39 is 0 Å². The highest BCUT2D eigenvalue weighted by atomic mass is 15.2. The summed E-state index contributed by atoms with van der Waals surface area (Å²) in [7, 11) is 0. The van der Waals surface area contributed by atoms with Crippen LogP contribution in [0.25, 0.3) is 44.5 Å².